The van der Waals surface area contributed by atoms with Crippen molar-refractivity contribution < 1.29 is 22.4 Å². The van der Waals surface area contributed by atoms with Crippen LogP contribution in [0.1, 0.15) is 30.4 Å². The molecule has 1 N–H and O–H groups in total. The third-order valence-electron chi connectivity index (χ3n) is 5.98. The summed E-state index contributed by atoms with van der Waals surface area (Å²) < 4.78 is 55.9. The van der Waals surface area contributed by atoms with Gasteiger partial charge in [0.2, 0.25) is 0 Å². The number of halogens is 4. The van der Waals surface area contributed by atoms with Crippen molar-refractivity contribution in [2.75, 3.05) is 24.7 Å². The van der Waals surface area contributed by atoms with Gasteiger partial charge in [0.05, 0.1) is 17.9 Å². The van der Waals surface area contributed by atoms with Gasteiger partial charge < -0.3 is 4.98 Å². The van der Waals surface area contributed by atoms with E-state index in [0.29, 0.717) is 12.2 Å². The van der Waals surface area contributed by atoms with Crippen molar-refractivity contribution in [3.8, 4) is 0 Å². The molecule has 2 aliphatic heterocycles. The number of aromatic nitrogens is 1. The van der Waals surface area contributed by atoms with E-state index in [9.17, 15) is 22.4 Å². The number of aromatic amines is 1. The number of carbonyl (C=O) groups is 1. The van der Waals surface area contributed by atoms with Crippen LogP contribution in [-0.2, 0) is 4.79 Å². The summed E-state index contributed by atoms with van der Waals surface area (Å²) in [5, 5.41) is -0.427. The van der Waals surface area contributed by atoms with Crippen molar-refractivity contribution >= 4 is 34.1 Å². The molecule has 0 unspecified atom stereocenters. The summed E-state index contributed by atoms with van der Waals surface area (Å²) >= 11 is 0. The van der Waals surface area contributed by atoms with Gasteiger partial charge in [-0.15, -0.1) is 0 Å². The number of hydrogen-bond donors (Lipinski definition) is 1. The molecule has 0 saturated carbocycles. The number of likely N-dealkylation sites (tertiary alicyclic amines) is 1. The van der Waals surface area contributed by atoms with E-state index in [1.165, 1.54) is 18.7 Å². The van der Waals surface area contributed by atoms with Crippen molar-refractivity contribution in [2.45, 2.75) is 19.3 Å². The molecule has 3 aromatic rings. The lowest BCUT2D eigenvalue weighted by Crippen LogP contribution is -2.42. The fraction of sp³-hybridized carbons (Fsp3) is 0.261. The normalized spacial score (nSPS) is 18.4. The number of piperidine rings is 1. The Labute approximate surface area is 175 Å². The molecule has 31 heavy (non-hydrogen) atoms. The SMILES string of the molecule is O=C1/C(=C/c2c[nH]c3c(F)c(F)c(F)c(F)c23)c2ccccc2N1CN1CCCCC1. The Morgan fingerprint density at radius 1 is 0.935 bits per heavy atom. The monoisotopic (exact) mass is 429 g/mol. The van der Waals surface area contributed by atoms with Crippen LogP contribution in [0, 0.1) is 23.3 Å². The largest absolute Gasteiger partial charge is 0.358 e. The number of rotatable bonds is 3. The van der Waals surface area contributed by atoms with Crippen molar-refractivity contribution in [3.05, 3.63) is 64.9 Å². The smallest absolute Gasteiger partial charge is 0.260 e. The van der Waals surface area contributed by atoms with Crippen molar-refractivity contribution in [1.29, 1.82) is 0 Å². The number of carbonyl (C=O) groups excluding carboxylic acids is 1. The van der Waals surface area contributed by atoms with Crippen molar-refractivity contribution in [3.63, 3.8) is 0 Å². The molecule has 8 heteroatoms. The van der Waals surface area contributed by atoms with Crippen LogP contribution < -0.4 is 4.90 Å². The van der Waals surface area contributed by atoms with E-state index in [4.69, 9.17) is 0 Å². The number of amides is 1. The van der Waals surface area contributed by atoms with E-state index in [1.54, 1.807) is 17.0 Å². The fourth-order valence-corrected chi connectivity index (χ4v) is 4.42. The zero-order chi connectivity index (χ0) is 21.7. The van der Waals surface area contributed by atoms with Gasteiger partial charge in [-0.3, -0.25) is 14.6 Å². The molecule has 0 atom stereocenters. The van der Waals surface area contributed by atoms with E-state index in [-0.39, 0.29) is 17.0 Å². The molecule has 5 rings (SSSR count). The first-order chi connectivity index (χ1) is 15.0. The lowest BCUT2D eigenvalue weighted by atomic mass is 10.0. The summed E-state index contributed by atoms with van der Waals surface area (Å²) in [5.41, 5.74) is 1.27. The van der Waals surface area contributed by atoms with Gasteiger partial charge in [0.15, 0.2) is 23.3 Å². The molecule has 1 fully saturated rings. The summed E-state index contributed by atoms with van der Waals surface area (Å²) in [6, 6.07) is 7.23. The summed E-state index contributed by atoms with van der Waals surface area (Å²) in [7, 11) is 0. The van der Waals surface area contributed by atoms with Gasteiger partial charge in [-0.25, -0.2) is 17.6 Å². The van der Waals surface area contributed by atoms with Crippen LogP contribution in [0.25, 0.3) is 22.6 Å². The highest BCUT2D eigenvalue weighted by Crippen LogP contribution is 2.39. The average molecular weight is 429 g/mol. The quantitative estimate of drug-likeness (QED) is 0.274. The Kier molecular flexibility index (Phi) is 4.81. The molecular formula is C23H19F4N3O. The second kappa shape index (κ2) is 7.53. The molecule has 4 nitrogen and oxygen atoms in total. The van der Waals surface area contributed by atoms with Crippen LogP contribution in [0.2, 0.25) is 0 Å². The first kappa shape index (κ1) is 19.8. The number of nitrogens with zero attached hydrogens (tertiary/aromatic N) is 2. The zero-order valence-corrected chi connectivity index (χ0v) is 16.5. The molecule has 2 aromatic carbocycles. The highest BCUT2D eigenvalue weighted by molar-refractivity contribution is 6.36. The van der Waals surface area contributed by atoms with E-state index in [1.807, 2.05) is 12.1 Å². The number of fused-ring (bicyclic) bond motifs is 2. The lowest BCUT2D eigenvalue weighted by Gasteiger charge is -2.30. The minimum atomic E-state index is -1.88. The minimum Gasteiger partial charge on any atom is -0.358 e. The average Bonchev–Trinajstić information content (AvgIpc) is 3.32. The first-order valence-corrected chi connectivity index (χ1v) is 10.2. The highest BCUT2D eigenvalue weighted by Gasteiger charge is 2.34. The molecule has 0 radical (unpaired) electrons. The van der Waals surface area contributed by atoms with Gasteiger partial charge in [0, 0.05) is 28.3 Å². The molecule has 1 saturated heterocycles. The summed E-state index contributed by atoms with van der Waals surface area (Å²) in [4.78, 5) is 19.6. The standard InChI is InChI=1S/C23H19F4N3O/c24-18-17-13(11-28-22(17)21(27)20(26)19(18)25)10-15-14-6-2-3-7-16(14)30(23(15)31)12-29-8-4-1-5-9-29/h2-3,6-7,10-11,28H,1,4-5,8-9,12H2/b15-10+. The van der Waals surface area contributed by atoms with Crippen LogP contribution in [0.4, 0.5) is 23.2 Å². The molecule has 0 bridgehead atoms. The molecule has 1 aromatic heterocycles. The number of hydrogen-bond acceptors (Lipinski definition) is 2. The molecule has 1 amide bonds. The summed E-state index contributed by atoms with van der Waals surface area (Å²) in [6.07, 6.45) is 5.97. The number of para-hydroxylation sites is 1. The zero-order valence-electron chi connectivity index (χ0n) is 16.5. The third-order valence-corrected chi connectivity index (χ3v) is 5.98. The van der Waals surface area contributed by atoms with Gasteiger partial charge in [0.25, 0.3) is 5.91 Å². The first-order valence-electron chi connectivity index (χ1n) is 10.2. The van der Waals surface area contributed by atoms with Crippen LogP contribution in [0.15, 0.2) is 30.5 Å². The van der Waals surface area contributed by atoms with Gasteiger partial charge >= 0.3 is 0 Å². The molecule has 0 spiro atoms. The maximum Gasteiger partial charge on any atom is 0.260 e. The Morgan fingerprint density at radius 3 is 2.42 bits per heavy atom. The van der Waals surface area contributed by atoms with Gasteiger partial charge in [-0.05, 0) is 38.1 Å². The van der Waals surface area contributed by atoms with Crippen molar-refractivity contribution in [1.82, 2.24) is 9.88 Å². The highest BCUT2D eigenvalue weighted by atomic mass is 19.2. The predicted octanol–water partition coefficient (Wildman–Crippen LogP) is 5.05. The Balaban J connectivity index is 1.60. The number of benzene rings is 2. The fourth-order valence-electron chi connectivity index (χ4n) is 4.42. The summed E-state index contributed by atoms with van der Waals surface area (Å²) in [6.45, 7) is 2.25. The maximum absolute atomic E-state index is 14.5. The van der Waals surface area contributed by atoms with Gasteiger partial charge in [-0.2, -0.15) is 0 Å². The second-order valence-corrected chi connectivity index (χ2v) is 7.88. The van der Waals surface area contributed by atoms with Gasteiger partial charge in [-0.1, -0.05) is 24.6 Å². The lowest BCUT2D eigenvalue weighted by molar-refractivity contribution is -0.113. The topological polar surface area (TPSA) is 39.3 Å². The van der Waals surface area contributed by atoms with E-state index < -0.39 is 34.2 Å². The third kappa shape index (κ3) is 3.13. The Morgan fingerprint density at radius 2 is 1.65 bits per heavy atom. The molecular weight excluding hydrogens is 410 g/mol. The Bertz CT molecular complexity index is 1230. The number of H-pyrrole nitrogens is 1. The van der Waals surface area contributed by atoms with E-state index >= 15 is 0 Å². The van der Waals surface area contributed by atoms with E-state index in [0.717, 1.165) is 31.6 Å². The van der Waals surface area contributed by atoms with Crippen LogP contribution in [0.5, 0.6) is 0 Å². The van der Waals surface area contributed by atoms with Crippen LogP contribution in [0.3, 0.4) is 0 Å². The number of nitrogens with one attached hydrogen (secondary N) is 1. The van der Waals surface area contributed by atoms with Crippen molar-refractivity contribution in [2.24, 2.45) is 0 Å². The van der Waals surface area contributed by atoms with Crippen LogP contribution >= 0.6 is 0 Å². The minimum absolute atomic E-state index is 0.0725. The molecule has 2 aliphatic rings. The Hall–Kier alpha value is -3.13. The predicted molar refractivity (Wildman–Crippen MR) is 110 cm³/mol. The van der Waals surface area contributed by atoms with Crippen LogP contribution in [-0.4, -0.2) is 35.5 Å². The number of anilines is 1. The molecule has 3 heterocycles. The van der Waals surface area contributed by atoms with Gasteiger partial charge in [0.1, 0.15) is 0 Å². The molecule has 160 valence electrons. The second-order valence-electron chi connectivity index (χ2n) is 7.88. The maximum atomic E-state index is 14.5. The summed E-state index contributed by atoms with van der Waals surface area (Å²) in [5.74, 6) is -7.02. The van der Waals surface area contributed by atoms with E-state index in [2.05, 4.69) is 9.88 Å². The molecule has 0 aliphatic carbocycles.